The van der Waals surface area contributed by atoms with E-state index in [9.17, 15) is 19.8 Å². The van der Waals surface area contributed by atoms with E-state index in [1.165, 1.54) is 276 Å². The molecular formula is C67H129NO5. The summed E-state index contributed by atoms with van der Waals surface area (Å²) >= 11 is 0. The molecule has 0 fully saturated rings. The Morgan fingerprint density at radius 1 is 0.384 bits per heavy atom. The van der Waals surface area contributed by atoms with Crippen molar-refractivity contribution in [3.05, 3.63) is 24.3 Å². The van der Waals surface area contributed by atoms with E-state index >= 15 is 0 Å². The summed E-state index contributed by atoms with van der Waals surface area (Å²) in [6.07, 6.45) is 77.9. The molecule has 0 rings (SSSR count). The Labute approximate surface area is 456 Å². The molecule has 0 saturated heterocycles. The highest BCUT2D eigenvalue weighted by Gasteiger charge is 2.20. The van der Waals surface area contributed by atoms with Gasteiger partial charge in [0.05, 0.1) is 25.4 Å². The predicted molar refractivity (Wildman–Crippen MR) is 320 cm³/mol. The number of carbonyl (C=O) groups excluding carboxylic acids is 2. The molecule has 0 radical (unpaired) electrons. The van der Waals surface area contributed by atoms with E-state index in [0.29, 0.717) is 32.3 Å². The highest BCUT2D eigenvalue weighted by atomic mass is 16.5. The Bertz CT molecular complexity index is 1140. The van der Waals surface area contributed by atoms with Crippen molar-refractivity contribution in [2.45, 2.75) is 379 Å². The van der Waals surface area contributed by atoms with E-state index in [-0.39, 0.29) is 18.5 Å². The summed E-state index contributed by atoms with van der Waals surface area (Å²) in [5.41, 5.74) is 0. The largest absolute Gasteiger partial charge is 0.466 e. The van der Waals surface area contributed by atoms with Gasteiger partial charge in [-0.1, -0.05) is 334 Å². The van der Waals surface area contributed by atoms with Crippen LogP contribution in [0.25, 0.3) is 0 Å². The third kappa shape index (κ3) is 59.4. The highest BCUT2D eigenvalue weighted by Crippen LogP contribution is 2.19. The molecule has 1 amide bonds. The molecule has 0 aromatic heterocycles. The first kappa shape index (κ1) is 71.3. The van der Waals surface area contributed by atoms with Gasteiger partial charge < -0.3 is 20.3 Å². The summed E-state index contributed by atoms with van der Waals surface area (Å²) in [6, 6.07) is -0.587. The number of rotatable bonds is 62. The first-order valence-electron chi connectivity index (χ1n) is 33.1. The van der Waals surface area contributed by atoms with E-state index in [1.807, 2.05) is 0 Å². The fourth-order valence-corrected chi connectivity index (χ4v) is 10.5. The van der Waals surface area contributed by atoms with Crippen LogP contribution in [0.2, 0.25) is 0 Å². The van der Waals surface area contributed by atoms with Gasteiger partial charge in [-0.05, 0) is 44.9 Å². The summed E-state index contributed by atoms with van der Waals surface area (Å²) in [5.74, 6) is -0.122. The molecule has 2 unspecified atom stereocenters. The molecule has 73 heavy (non-hydrogen) atoms. The molecule has 6 nitrogen and oxygen atoms in total. The lowest BCUT2D eigenvalue weighted by Crippen LogP contribution is -2.45. The number of esters is 1. The zero-order valence-corrected chi connectivity index (χ0v) is 49.4. The number of hydrogen-bond donors (Lipinski definition) is 3. The summed E-state index contributed by atoms with van der Waals surface area (Å²) in [6.45, 7) is 4.93. The first-order valence-corrected chi connectivity index (χ1v) is 33.1. The maximum atomic E-state index is 12.5. The molecule has 0 spiro atoms. The fourth-order valence-electron chi connectivity index (χ4n) is 10.5. The second-order valence-electron chi connectivity index (χ2n) is 22.8. The Kier molecular flexibility index (Phi) is 61.4. The smallest absolute Gasteiger partial charge is 0.305 e. The Balaban J connectivity index is 3.49. The van der Waals surface area contributed by atoms with Gasteiger partial charge >= 0.3 is 5.97 Å². The van der Waals surface area contributed by atoms with Crippen LogP contribution in [-0.2, 0) is 14.3 Å². The minimum absolute atomic E-state index is 0.0114. The summed E-state index contributed by atoms with van der Waals surface area (Å²) in [4.78, 5) is 24.6. The van der Waals surface area contributed by atoms with Crippen molar-refractivity contribution in [1.82, 2.24) is 5.32 Å². The lowest BCUT2D eigenvalue weighted by Gasteiger charge is -2.22. The van der Waals surface area contributed by atoms with Gasteiger partial charge in [-0.15, -0.1) is 0 Å². The molecule has 0 aliphatic rings. The second kappa shape index (κ2) is 62.9. The quantitative estimate of drug-likeness (QED) is 0.0320. The summed E-state index contributed by atoms with van der Waals surface area (Å²) in [7, 11) is 0. The van der Waals surface area contributed by atoms with Gasteiger partial charge in [0.15, 0.2) is 0 Å². The average molecular weight is 1030 g/mol. The van der Waals surface area contributed by atoms with Gasteiger partial charge in [0.1, 0.15) is 0 Å². The van der Waals surface area contributed by atoms with Crippen LogP contribution in [0.1, 0.15) is 367 Å². The zero-order chi connectivity index (χ0) is 52.9. The minimum Gasteiger partial charge on any atom is -0.466 e. The molecule has 0 saturated carbocycles. The standard InChI is InChI=1S/C67H129NO5/c1-3-5-7-9-11-13-15-17-19-21-23-24-25-26-27-28-29-30-32-35-39-43-47-51-55-59-65(70)64(63-69)68-66(71)60-56-52-48-44-40-36-34-38-42-46-50-54-58-62-73-67(72)61-57-53-49-45-41-37-33-31-22-20-18-16-14-12-10-8-6-4-2/h36,40,48,52,64-65,69-70H,3-35,37-39,41-47,49-51,53-63H2,1-2H3,(H,68,71)/b40-36-,52-48-. The summed E-state index contributed by atoms with van der Waals surface area (Å²) in [5, 5.41) is 23.3. The molecule has 0 aromatic carbocycles. The van der Waals surface area contributed by atoms with Crippen LogP contribution >= 0.6 is 0 Å². The van der Waals surface area contributed by atoms with Gasteiger partial charge in [-0.3, -0.25) is 9.59 Å². The van der Waals surface area contributed by atoms with E-state index in [2.05, 4.69) is 43.5 Å². The van der Waals surface area contributed by atoms with Crippen molar-refractivity contribution in [3.8, 4) is 0 Å². The average Bonchev–Trinajstić information content (AvgIpc) is 3.39. The number of aliphatic hydroxyl groups is 2. The Morgan fingerprint density at radius 3 is 1.07 bits per heavy atom. The van der Waals surface area contributed by atoms with Crippen molar-refractivity contribution >= 4 is 11.9 Å². The van der Waals surface area contributed by atoms with Gasteiger partial charge in [0, 0.05) is 12.8 Å². The molecule has 3 N–H and O–H groups in total. The van der Waals surface area contributed by atoms with Crippen LogP contribution in [0.5, 0.6) is 0 Å². The van der Waals surface area contributed by atoms with Crippen LogP contribution in [0.15, 0.2) is 24.3 Å². The first-order chi connectivity index (χ1) is 36.0. The Hall–Kier alpha value is -1.66. The second-order valence-corrected chi connectivity index (χ2v) is 22.8. The number of nitrogens with one attached hydrogen (secondary N) is 1. The van der Waals surface area contributed by atoms with Crippen molar-refractivity contribution in [2.24, 2.45) is 0 Å². The number of amides is 1. The molecule has 0 heterocycles. The third-order valence-electron chi connectivity index (χ3n) is 15.5. The number of carbonyl (C=O) groups is 2. The van der Waals surface area contributed by atoms with E-state index in [0.717, 1.165) is 51.4 Å². The molecule has 6 heteroatoms. The third-order valence-corrected chi connectivity index (χ3v) is 15.5. The van der Waals surface area contributed by atoms with Crippen molar-refractivity contribution < 1.29 is 24.5 Å². The fraction of sp³-hybridized carbons (Fsp3) is 0.910. The molecule has 432 valence electrons. The SMILES string of the molecule is CCCCCCCCCCCCCCCCCCCCCCCCCCCC(O)C(CO)NC(=O)CC/C=C\C/C=C\CCCCCCCCOC(=O)CCCCCCCCCCCCCCCCCCCC. The molecule has 0 aliphatic carbocycles. The van der Waals surface area contributed by atoms with Crippen LogP contribution in [-0.4, -0.2) is 47.4 Å². The van der Waals surface area contributed by atoms with Crippen molar-refractivity contribution in [2.75, 3.05) is 13.2 Å². The molecule has 0 aliphatic heterocycles. The van der Waals surface area contributed by atoms with Crippen LogP contribution in [0.4, 0.5) is 0 Å². The highest BCUT2D eigenvalue weighted by molar-refractivity contribution is 5.76. The molecule has 2 atom stereocenters. The van der Waals surface area contributed by atoms with Crippen molar-refractivity contribution in [3.63, 3.8) is 0 Å². The lowest BCUT2D eigenvalue weighted by atomic mass is 10.0. The summed E-state index contributed by atoms with van der Waals surface area (Å²) < 4.78 is 5.48. The van der Waals surface area contributed by atoms with Crippen LogP contribution in [0.3, 0.4) is 0 Å². The minimum atomic E-state index is -0.700. The maximum absolute atomic E-state index is 12.5. The van der Waals surface area contributed by atoms with Gasteiger partial charge in [-0.25, -0.2) is 0 Å². The van der Waals surface area contributed by atoms with Gasteiger partial charge in [0.25, 0.3) is 0 Å². The monoisotopic (exact) mass is 1030 g/mol. The van der Waals surface area contributed by atoms with Crippen LogP contribution < -0.4 is 5.32 Å². The van der Waals surface area contributed by atoms with Crippen molar-refractivity contribution in [1.29, 1.82) is 0 Å². The number of allylic oxidation sites excluding steroid dienone is 4. The number of ether oxygens (including phenoxy) is 1. The van der Waals surface area contributed by atoms with E-state index in [1.54, 1.807) is 0 Å². The van der Waals surface area contributed by atoms with E-state index < -0.39 is 12.1 Å². The molecule has 0 aromatic rings. The molecular weight excluding hydrogens is 899 g/mol. The number of unbranched alkanes of at least 4 members (excludes halogenated alkanes) is 47. The number of aliphatic hydroxyl groups excluding tert-OH is 2. The van der Waals surface area contributed by atoms with Crippen LogP contribution in [0, 0.1) is 0 Å². The predicted octanol–water partition coefficient (Wildman–Crippen LogP) is 21.0. The van der Waals surface area contributed by atoms with Gasteiger partial charge in [-0.2, -0.15) is 0 Å². The lowest BCUT2D eigenvalue weighted by molar-refractivity contribution is -0.143. The normalized spacial score (nSPS) is 12.7. The topological polar surface area (TPSA) is 95.9 Å². The molecule has 0 bridgehead atoms. The zero-order valence-electron chi connectivity index (χ0n) is 49.4. The maximum Gasteiger partial charge on any atom is 0.305 e. The number of hydrogen-bond acceptors (Lipinski definition) is 5. The van der Waals surface area contributed by atoms with Gasteiger partial charge in [0.2, 0.25) is 5.91 Å². The Morgan fingerprint density at radius 2 is 0.699 bits per heavy atom. The van der Waals surface area contributed by atoms with E-state index in [4.69, 9.17) is 4.74 Å².